The molecule has 0 amide bonds. The van der Waals surface area contributed by atoms with Gasteiger partial charge in [-0.3, -0.25) is 0 Å². The van der Waals surface area contributed by atoms with Crippen LogP contribution in [0.15, 0.2) is 35.6 Å². The summed E-state index contributed by atoms with van der Waals surface area (Å²) in [6, 6.07) is 7.34. The highest BCUT2D eigenvalue weighted by Crippen LogP contribution is 2.16. The third-order valence-electron chi connectivity index (χ3n) is 3.47. The van der Waals surface area contributed by atoms with E-state index in [-0.39, 0.29) is 30.1 Å². The molecule has 2 rings (SSSR count). The van der Waals surface area contributed by atoms with E-state index in [2.05, 4.69) is 32.7 Å². The van der Waals surface area contributed by atoms with Gasteiger partial charge in [0.25, 0.3) is 0 Å². The van der Waals surface area contributed by atoms with Gasteiger partial charge >= 0.3 is 0 Å². The maximum absolute atomic E-state index is 5.88. The normalized spacial score (nSPS) is 12.2. The van der Waals surface area contributed by atoms with Crippen LogP contribution in [0.2, 0.25) is 5.02 Å². The summed E-state index contributed by atoms with van der Waals surface area (Å²) in [6.45, 7) is 8.77. The van der Waals surface area contributed by atoms with Crippen LogP contribution in [-0.4, -0.2) is 39.9 Å². The fourth-order valence-corrected chi connectivity index (χ4v) is 2.31. The van der Waals surface area contributed by atoms with Gasteiger partial charge in [-0.1, -0.05) is 11.6 Å². The van der Waals surface area contributed by atoms with Gasteiger partial charge in [0.15, 0.2) is 11.8 Å². The highest BCUT2D eigenvalue weighted by atomic mass is 127. The Morgan fingerprint density at radius 2 is 2.00 bits per heavy atom. The molecule has 1 heterocycles. The molecule has 0 fully saturated rings. The van der Waals surface area contributed by atoms with Crippen LogP contribution in [-0.2, 0) is 13.1 Å². The Morgan fingerprint density at radius 3 is 2.65 bits per heavy atom. The van der Waals surface area contributed by atoms with E-state index in [1.54, 1.807) is 6.33 Å². The lowest BCUT2D eigenvalue weighted by Crippen LogP contribution is -2.41. The van der Waals surface area contributed by atoms with Gasteiger partial charge in [-0.25, -0.2) is 4.99 Å². The molecule has 2 aromatic rings. The quantitative estimate of drug-likeness (QED) is 0.336. The number of nitrogens with one attached hydrogen (secondary N) is 2. The van der Waals surface area contributed by atoms with Gasteiger partial charge in [-0.2, -0.15) is 0 Å². The molecule has 1 unspecified atom stereocenters. The van der Waals surface area contributed by atoms with Crippen molar-refractivity contribution in [2.45, 2.75) is 40.0 Å². The Labute approximate surface area is 176 Å². The summed E-state index contributed by atoms with van der Waals surface area (Å²) >= 11 is 5.88. The Bertz CT molecular complexity index is 676. The first-order valence-corrected chi connectivity index (χ1v) is 8.81. The average molecular weight is 493 g/mol. The summed E-state index contributed by atoms with van der Waals surface area (Å²) in [5, 5.41) is 15.2. The molecule has 0 spiro atoms. The molecule has 0 saturated carbocycles. The Balaban J connectivity index is 0.00000338. The third kappa shape index (κ3) is 7.36. The van der Waals surface area contributed by atoms with Crippen LogP contribution in [0.4, 0.5) is 0 Å². The van der Waals surface area contributed by atoms with Crippen molar-refractivity contribution in [1.82, 2.24) is 25.4 Å². The molecular formula is C17H26ClIN6O. The van der Waals surface area contributed by atoms with Gasteiger partial charge in [0.05, 0.1) is 6.54 Å². The molecule has 1 atom stereocenters. The van der Waals surface area contributed by atoms with E-state index < -0.39 is 0 Å². The van der Waals surface area contributed by atoms with Crippen molar-refractivity contribution in [3.63, 3.8) is 0 Å². The summed E-state index contributed by atoms with van der Waals surface area (Å²) in [6.07, 6.45) is 1.69. The van der Waals surface area contributed by atoms with Crippen molar-refractivity contribution in [2.24, 2.45) is 4.99 Å². The van der Waals surface area contributed by atoms with Crippen LogP contribution in [0.5, 0.6) is 5.75 Å². The second-order valence-corrected chi connectivity index (χ2v) is 5.93. The molecule has 9 heteroatoms. The first-order chi connectivity index (χ1) is 12.1. The van der Waals surface area contributed by atoms with Crippen molar-refractivity contribution >= 4 is 41.5 Å². The maximum Gasteiger partial charge on any atom is 0.191 e. The summed E-state index contributed by atoms with van der Waals surface area (Å²) < 4.78 is 7.83. The number of nitrogens with zero attached hydrogens (tertiary/aromatic N) is 4. The third-order valence-corrected chi connectivity index (χ3v) is 3.72. The number of aromatic nitrogens is 3. The molecule has 0 aliphatic heterocycles. The van der Waals surface area contributed by atoms with E-state index in [1.165, 1.54) is 0 Å². The topological polar surface area (TPSA) is 76.4 Å². The monoisotopic (exact) mass is 492 g/mol. The number of benzene rings is 1. The molecule has 0 aliphatic carbocycles. The first kappa shape index (κ1) is 22.5. The van der Waals surface area contributed by atoms with Gasteiger partial charge in [-0.15, -0.1) is 34.2 Å². The number of halogens is 2. The minimum atomic E-state index is -0.0238. The fourth-order valence-electron chi connectivity index (χ4n) is 2.18. The Morgan fingerprint density at radius 1 is 1.27 bits per heavy atom. The average Bonchev–Trinajstić information content (AvgIpc) is 3.07. The molecule has 26 heavy (non-hydrogen) atoms. The molecule has 144 valence electrons. The molecule has 0 saturated heterocycles. The predicted octanol–water partition coefficient (Wildman–Crippen LogP) is 3.09. The lowest BCUT2D eigenvalue weighted by molar-refractivity contribution is 0.224. The van der Waals surface area contributed by atoms with Crippen molar-refractivity contribution in [2.75, 3.05) is 13.1 Å². The van der Waals surface area contributed by atoms with Crippen molar-refractivity contribution in [3.8, 4) is 5.75 Å². The molecular weight excluding hydrogens is 467 g/mol. The number of hydrogen-bond donors (Lipinski definition) is 2. The highest BCUT2D eigenvalue weighted by molar-refractivity contribution is 14.0. The van der Waals surface area contributed by atoms with Crippen LogP contribution < -0.4 is 15.4 Å². The number of hydrogen-bond acceptors (Lipinski definition) is 4. The smallest absolute Gasteiger partial charge is 0.191 e. The van der Waals surface area contributed by atoms with Crippen molar-refractivity contribution in [1.29, 1.82) is 0 Å². The van der Waals surface area contributed by atoms with E-state index in [4.69, 9.17) is 16.3 Å². The van der Waals surface area contributed by atoms with Crippen LogP contribution in [0.25, 0.3) is 0 Å². The van der Waals surface area contributed by atoms with E-state index >= 15 is 0 Å². The number of aliphatic imine (C=N–C) groups is 1. The standard InChI is InChI=1S/C17H25ClN6O.HI/c1-4-19-17(21-11-16-23-22-12-24(16)5-2)20-10-13(3)25-15-8-6-14(18)7-9-15;/h6-9,12-13H,4-5,10-11H2,1-3H3,(H2,19,20,21);1H. The zero-order valence-corrected chi connectivity index (χ0v) is 18.4. The molecule has 0 radical (unpaired) electrons. The van der Waals surface area contributed by atoms with E-state index in [1.807, 2.05) is 42.7 Å². The second-order valence-electron chi connectivity index (χ2n) is 5.49. The minimum Gasteiger partial charge on any atom is -0.489 e. The van der Waals surface area contributed by atoms with E-state index in [9.17, 15) is 0 Å². The van der Waals surface area contributed by atoms with E-state index in [0.717, 1.165) is 30.6 Å². The molecule has 0 aliphatic rings. The first-order valence-electron chi connectivity index (χ1n) is 8.43. The zero-order valence-electron chi connectivity index (χ0n) is 15.3. The number of guanidine groups is 1. The molecule has 0 bridgehead atoms. The SMILES string of the molecule is CCNC(=NCc1nncn1CC)NCC(C)Oc1ccc(Cl)cc1.I. The van der Waals surface area contributed by atoms with E-state index in [0.29, 0.717) is 18.1 Å². The van der Waals surface area contributed by atoms with Crippen LogP contribution in [0.3, 0.4) is 0 Å². The number of aryl methyl sites for hydroxylation is 1. The largest absolute Gasteiger partial charge is 0.489 e. The Hall–Kier alpha value is -1.55. The summed E-state index contributed by atoms with van der Waals surface area (Å²) in [7, 11) is 0. The molecule has 7 nitrogen and oxygen atoms in total. The summed E-state index contributed by atoms with van der Waals surface area (Å²) in [5.74, 6) is 2.35. The molecule has 1 aromatic heterocycles. The predicted molar refractivity (Wildman–Crippen MR) is 115 cm³/mol. The van der Waals surface area contributed by atoms with Crippen molar-refractivity contribution in [3.05, 3.63) is 41.4 Å². The molecule has 2 N–H and O–H groups in total. The molecule has 1 aromatic carbocycles. The number of ether oxygens (including phenoxy) is 1. The van der Waals surface area contributed by atoms with Gasteiger partial charge in [-0.05, 0) is 45.0 Å². The zero-order chi connectivity index (χ0) is 18.1. The lowest BCUT2D eigenvalue weighted by Gasteiger charge is -2.17. The van der Waals surface area contributed by atoms with Crippen LogP contribution in [0, 0.1) is 0 Å². The van der Waals surface area contributed by atoms with Gasteiger partial charge < -0.3 is 19.9 Å². The van der Waals surface area contributed by atoms with Gasteiger partial charge in [0.1, 0.15) is 24.7 Å². The van der Waals surface area contributed by atoms with Gasteiger partial charge in [0.2, 0.25) is 0 Å². The van der Waals surface area contributed by atoms with Crippen LogP contribution in [0.1, 0.15) is 26.6 Å². The van der Waals surface area contributed by atoms with Crippen molar-refractivity contribution < 1.29 is 4.74 Å². The minimum absolute atomic E-state index is 0. The summed E-state index contributed by atoms with van der Waals surface area (Å²) in [5.41, 5.74) is 0. The number of rotatable bonds is 8. The Kier molecular flexibility index (Phi) is 10.3. The lowest BCUT2D eigenvalue weighted by atomic mass is 10.3. The summed E-state index contributed by atoms with van der Waals surface area (Å²) in [4.78, 5) is 4.55. The second kappa shape index (κ2) is 11.9. The van der Waals surface area contributed by atoms with Crippen LogP contribution >= 0.6 is 35.6 Å². The fraction of sp³-hybridized carbons (Fsp3) is 0.471. The van der Waals surface area contributed by atoms with Gasteiger partial charge in [0, 0.05) is 18.1 Å². The maximum atomic E-state index is 5.88. The highest BCUT2D eigenvalue weighted by Gasteiger charge is 2.07.